The summed E-state index contributed by atoms with van der Waals surface area (Å²) in [5.74, 6) is 0.497. The van der Waals surface area contributed by atoms with Crippen molar-refractivity contribution < 1.29 is 5.11 Å². The predicted molar refractivity (Wildman–Crippen MR) is 61.5 cm³/mol. The summed E-state index contributed by atoms with van der Waals surface area (Å²) in [5, 5.41) is 13.1. The first-order valence-corrected chi connectivity index (χ1v) is 5.11. The molecule has 0 bridgehead atoms. The normalized spacial score (nSPS) is 14.9. The molecule has 1 aromatic heterocycles. The number of anilines is 1. The first kappa shape index (κ1) is 11.9. The smallest absolute Gasteiger partial charge is 0.123 e. The van der Waals surface area contributed by atoms with Crippen molar-refractivity contribution in [2.75, 3.05) is 19.3 Å². The van der Waals surface area contributed by atoms with E-state index in [2.05, 4.69) is 10.3 Å². The van der Waals surface area contributed by atoms with Crippen molar-refractivity contribution in [2.24, 2.45) is 0 Å². The van der Waals surface area contributed by atoms with Crippen LogP contribution in [0.5, 0.6) is 0 Å². The van der Waals surface area contributed by atoms with Gasteiger partial charge in [0.1, 0.15) is 5.82 Å². The Hall–Kier alpha value is -1.13. The average molecular weight is 209 g/mol. The molecular formula is C11H19N3O. The molecule has 1 rings (SSSR count). The third-order valence-electron chi connectivity index (χ3n) is 2.34. The Kier molecular flexibility index (Phi) is 4.05. The molecule has 84 valence electrons. The number of hydrogen-bond donors (Lipinski definition) is 3. The maximum Gasteiger partial charge on any atom is 0.123 e. The lowest BCUT2D eigenvalue weighted by Crippen LogP contribution is -2.31. The Morgan fingerprint density at radius 1 is 1.60 bits per heavy atom. The molecule has 0 aromatic carbocycles. The van der Waals surface area contributed by atoms with E-state index < -0.39 is 5.60 Å². The van der Waals surface area contributed by atoms with Gasteiger partial charge in [0.25, 0.3) is 0 Å². The Balaban J connectivity index is 2.60. The monoisotopic (exact) mass is 209 g/mol. The number of aromatic nitrogens is 1. The van der Waals surface area contributed by atoms with Crippen LogP contribution < -0.4 is 11.1 Å². The van der Waals surface area contributed by atoms with Crippen LogP contribution in [-0.2, 0) is 6.42 Å². The summed E-state index contributed by atoms with van der Waals surface area (Å²) in [5.41, 5.74) is 5.89. The molecule has 0 amide bonds. The van der Waals surface area contributed by atoms with Crippen LogP contribution in [0.4, 0.5) is 5.82 Å². The molecule has 1 unspecified atom stereocenters. The van der Waals surface area contributed by atoms with Crippen LogP contribution in [-0.4, -0.2) is 29.3 Å². The Morgan fingerprint density at radius 3 is 2.93 bits per heavy atom. The van der Waals surface area contributed by atoms with Crippen molar-refractivity contribution in [3.8, 4) is 0 Å². The second-order valence-electron chi connectivity index (χ2n) is 4.12. The van der Waals surface area contributed by atoms with E-state index in [1.165, 1.54) is 0 Å². The number of nitrogens with two attached hydrogens (primary N) is 1. The van der Waals surface area contributed by atoms with Crippen LogP contribution in [0.15, 0.2) is 18.3 Å². The molecule has 1 aromatic rings. The van der Waals surface area contributed by atoms with Gasteiger partial charge in [-0.1, -0.05) is 0 Å². The number of nitrogen functional groups attached to an aromatic ring is 1. The van der Waals surface area contributed by atoms with Crippen LogP contribution in [0.1, 0.15) is 18.9 Å². The molecular weight excluding hydrogens is 190 g/mol. The molecule has 4 heteroatoms. The summed E-state index contributed by atoms with van der Waals surface area (Å²) in [6.45, 7) is 2.63. The van der Waals surface area contributed by atoms with Gasteiger partial charge < -0.3 is 16.2 Å². The van der Waals surface area contributed by atoms with E-state index in [-0.39, 0.29) is 0 Å². The SMILES string of the molecule is CNCCC(C)(O)Cc1ccnc(N)c1. The summed E-state index contributed by atoms with van der Waals surface area (Å²) in [6.07, 6.45) is 2.98. The Labute approximate surface area is 90.5 Å². The average Bonchev–Trinajstić information content (AvgIpc) is 2.14. The molecule has 0 saturated heterocycles. The fourth-order valence-electron chi connectivity index (χ4n) is 1.53. The van der Waals surface area contributed by atoms with Crippen molar-refractivity contribution in [1.82, 2.24) is 10.3 Å². The maximum absolute atomic E-state index is 10.1. The van der Waals surface area contributed by atoms with E-state index in [0.717, 1.165) is 12.1 Å². The number of pyridine rings is 1. The Bertz CT molecular complexity index is 312. The van der Waals surface area contributed by atoms with Crippen molar-refractivity contribution in [2.45, 2.75) is 25.4 Å². The number of aliphatic hydroxyl groups is 1. The van der Waals surface area contributed by atoms with Crippen LogP contribution in [0.3, 0.4) is 0 Å². The summed E-state index contributed by atoms with van der Waals surface area (Å²) >= 11 is 0. The van der Waals surface area contributed by atoms with Crippen LogP contribution >= 0.6 is 0 Å². The molecule has 0 aliphatic heterocycles. The number of nitrogens with one attached hydrogen (secondary N) is 1. The predicted octanol–water partition coefficient (Wildman–Crippen LogP) is 0.567. The Morgan fingerprint density at radius 2 is 2.33 bits per heavy atom. The van der Waals surface area contributed by atoms with Crippen LogP contribution in [0.25, 0.3) is 0 Å². The molecule has 4 N–H and O–H groups in total. The van der Waals surface area contributed by atoms with E-state index in [9.17, 15) is 5.11 Å². The standard InChI is InChI=1S/C11H19N3O/c1-11(15,4-6-13-2)8-9-3-5-14-10(12)7-9/h3,5,7,13,15H,4,6,8H2,1-2H3,(H2,12,14). The van der Waals surface area contributed by atoms with Gasteiger partial charge in [0.2, 0.25) is 0 Å². The van der Waals surface area contributed by atoms with Gasteiger partial charge in [0, 0.05) is 12.6 Å². The van der Waals surface area contributed by atoms with Gasteiger partial charge in [-0.25, -0.2) is 4.98 Å². The molecule has 0 aliphatic rings. The highest BCUT2D eigenvalue weighted by atomic mass is 16.3. The highest BCUT2D eigenvalue weighted by molar-refractivity contribution is 5.32. The van der Waals surface area contributed by atoms with Crippen molar-refractivity contribution >= 4 is 5.82 Å². The number of nitrogens with zero attached hydrogens (tertiary/aromatic N) is 1. The van der Waals surface area contributed by atoms with Crippen LogP contribution in [0.2, 0.25) is 0 Å². The number of rotatable bonds is 5. The number of hydrogen-bond acceptors (Lipinski definition) is 4. The minimum absolute atomic E-state index is 0.497. The third kappa shape index (κ3) is 4.27. The summed E-state index contributed by atoms with van der Waals surface area (Å²) < 4.78 is 0. The quantitative estimate of drug-likeness (QED) is 0.663. The largest absolute Gasteiger partial charge is 0.390 e. The zero-order valence-corrected chi connectivity index (χ0v) is 9.33. The van der Waals surface area contributed by atoms with E-state index in [1.807, 2.05) is 20.0 Å². The minimum Gasteiger partial charge on any atom is -0.390 e. The molecule has 15 heavy (non-hydrogen) atoms. The molecule has 1 heterocycles. The summed E-state index contributed by atoms with van der Waals surface area (Å²) in [4.78, 5) is 3.92. The van der Waals surface area contributed by atoms with E-state index in [4.69, 9.17) is 5.73 Å². The summed E-state index contributed by atoms with van der Waals surface area (Å²) in [7, 11) is 1.88. The highest BCUT2D eigenvalue weighted by Gasteiger charge is 2.20. The van der Waals surface area contributed by atoms with E-state index >= 15 is 0 Å². The first-order chi connectivity index (χ1) is 7.03. The fraction of sp³-hybridized carbons (Fsp3) is 0.545. The van der Waals surface area contributed by atoms with Gasteiger partial charge in [0.05, 0.1) is 5.60 Å². The lowest BCUT2D eigenvalue weighted by Gasteiger charge is -2.23. The van der Waals surface area contributed by atoms with Gasteiger partial charge in [-0.2, -0.15) is 0 Å². The third-order valence-corrected chi connectivity index (χ3v) is 2.34. The zero-order chi connectivity index (χ0) is 11.3. The van der Waals surface area contributed by atoms with Gasteiger partial charge in [-0.3, -0.25) is 0 Å². The topological polar surface area (TPSA) is 71.2 Å². The van der Waals surface area contributed by atoms with Crippen LogP contribution in [0, 0.1) is 0 Å². The zero-order valence-electron chi connectivity index (χ0n) is 9.33. The molecule has 0 radical (unpaired) electrons. The fourth-order valence-corrected chi connectivity index (χ4v) is 1.53. The summed E-state index contributed by atoms with van der Waals surface area (Å²) in [6, 6.07) is 3.68. The maximum atomic E-state index is 10.1. The molecule has 1 atom stereocenters. The molecule has 4 nitrogen and oxygen atoms in total. The first-order valence-electron chi connectivity index (χ1n) is 5.11. The van der Waals surface area contributed by atoms with Gasteiger partial charge in [-0.05, 0) is 44.6 Å². The second-order valence-corrected chi connectivity index (χ2v) is 4.12. The van der Waals surface area contributed by atoms with Crippen molar-refractivity contribution in [3.05, 3.63) is 23.9 Å². The molecule has 0 aliphatic carbocycles. The van der Waals surface area contributed by atoms with E-state index in [0.29, 0.717) is 18.7 Å². The highest BCUT2D eigenvalue weighted by Crippen LogP contribution is 2.17. The molecule has 0 spiro atoms. The van der Waals surface area contributed by atoms with E-state index in [1.54, 1.807) is 12.3 Å². The van der Waals surface area contributed by atoms with Gasteiger partial charge in [0.15, 0.2) is 0 Å². The minimum atomic E-state index is -0.698. The lowest BCUT2D eigenvalue weighted by atomic mass is 9.94. The lowest BCUT2D eigenvalue weighted by molar-refractivity contribution is 0.0520. The van der Waals surface area contributed by atoms with Gasteiger partial charge in [-0.15, -0.1) is 0 Å². The molecule has 0 saturated carbocycles. The van der Waals surface area contributed by atoms with Gasteiger partial charge >= 0.3 is 0 Å². The van der Waals surface area contributed by atoms with Crippen molar-refractivity contribution in [3.63, 3.8) is 0 Å². The second kappa shape index (κ2) is 5.09. The molecule has 0 fully saturated rings. The van der Waals surface area contributed by atoms with Crippen molar-refractivity contribution in [1.29, 1.82) is 0 Å².